The minimum absolute atomic E-state index is 0.0901. The van der Waals surface area contributed by atoms with Gasteiger partial charge in [0.1, 0.15) is 5.57 Å². The lowest BCUT2D eigenvalue weighted by Crippen LogP contribution is -2.37. The van der Waals surface area contributed by atoms with E-state index >= 15 is 0 Å². The third-order valence-corrected chi connectivity index (χ3v) is 5.07. The number of hydrogen-bond acceptors (Lipinski definition) is 7. The van der Waals surface area contributed by atoms with E-state index in [-0.39, 0.29) is 34.7 Å². The first-order valence-corrected chi connectivity index (χ1v) is 10.2. The minimum atomic E-state index is -1.08. The number of carbonyl (C=O) groups excluding carboxylic acids is 2. The Morgan fingerprint density at radius 2 is 1.97 bits per heavy atom. The molecule has 1 atom stereocenters. The molecule has 1 aromatic carbocycles. The van der Waals surface area contributed by atoms with E-state index < -0.39 is 28.7 Å². The number of carbonyl (C=O) groups is 2. The topological polar surface area (TPSA) is 128 Å². The summed E-state index contributed by atoms with van der Waals surface area (Å²) in [7, 11) is 1.18. The monoisotopic (exact) mass is 432 g/mol. The summed E-state index contributed by atoms with van der Waals surface area (Å²) in [6, 6.07) is 5.56. The van der Waals surface area contributed by atoms with Crippen molar-refractivity contribution in [1.29, 1.82) is 0 Å². The summed E-state index contributed by atoms with van der Waals surface area (Å²) in [5.41, 5.74) is 0.207. The van der Waals surface area contributed by atoms with Gasteiger partial charge in [0.2, 0.25) is 0 Å². The highest BCUT2D eigenvalue weighted by Crippen LogP contribution is 2.39. The van der Waals surface area contributed by atoms with Crippen LogP contribution in [0.2, 0.25) is 0 Å². The van der Waals surface area contributed by atoms with Gasteiger partial charge in [-0.2, -0.15) is 0 Å². The van der Waals surface area contributed by atoms with Crippen molar-refractivity contribution in [2.24, 2.45) is 0 Å². The van der Waals surface area contributed by atoms with Gasteiger partial charge in [0.25, 0.3) is 17.5 Å². The van der Waals surface area contributed by atoms with Gasteiger partial charge >= 0.3 is 5.97 Å². The predicted molar refractivity (Wildman–Crippen MR) is 113 cm³/mol. The zero-order chi connectivity index (χ0) is 23.0. The zero-order valence-electron chi connectivity index (χ0n) is 18.0. The number of nitrogens with one attached hydrogen (secondary N) is 1. The number of nitrogens with zero attached hydrogens (tertiary/aromatic N) is 1. The van der Waals surface area contributed by atoms with Gasteiger partial charge in [0, 0.05) is 17.8 Å². The standard InChI is InChI=1S/C22H28N2O7/c1-4-5-6-7-8-12-31-22(27)17-14(2)23-20(25)19(21(26)30-3)18(17)15-10-9-11-16(13-15)24(28)29/h9-11,13,18,26H,4-8,12H2,1-3H3,(H,23,25)/b21-19-. The van der Waals surface area contributed by atoms with E-state index in [1.54, 1.807) is 13.0 Å². The number of allylic oxidation sites excluding steroid dienone is 1. The molecule has 168 valence electrons. The van der Waals surface area contributed by atoms with E-state index in [4.69, 9.17) is 9.47 Å². The van der Waals surface area contributed by atoms with Gasteiger partial charge in [-0.05, 0) is 18.9 Å². The number of rotatable bonds is 10. The Balaban J connectivity index is 2.42. The van der Waals surface area contributed by atoms with Crippen LogP contribution in [0.1, 0.15) is 57.4 Å². The smallest absolute Gasteiger partial charge is 0.336 e. The second kappa shape index (κ2) is 11.1. The third-order valence-electron chi connectivity index (χ3n) is 5.07. The van der Waals surface area contributed by atoms with Crippen molar-refractivity contribution in [2.45, 2.75) is 51.9 Å². The average molecular weight is 432 g/mol. The molecule has 31 heavy (non-hydrogen) atoms. The van der Waals surface area contributed by atoms with Gasteiger partial charge in [-0.15, -0.1) is 0 Å². The summed E-state index contributed by atoms with van der Waals surface area (Å²) in [5, 5.41) is 24.0. The van der Waals surface area contributed by atoms with Gasteiger partial charge in [-0.3, -0.25) is 14.9 Å². The van der Waals surface area contributed by atoms with E-state index in [1.165, 1.54) is 25.3 Å². The SMILES string of the molecule is CCCCCCCOC(=O)C1=C(C)NC(=O)/C(=C(/O)OC)C1c1cccc([N+](=O)[O-])c1. The molecule has 0 aliphatic carbocycles. The number of nitro benzene ring substituents is 1. The Morgan fingerprint density at radius 1 is 1.26 bits per heavy atom. The minimum Gasteiger partial charge on any atom is -0.481 e. The fraction of sp³-hybridized carbons (Fsp3) is 0.455. The number of ether oxygens (including phenoxy) is 2. The molecule has 0 saturated heterocycles. The summed E-state index contributed by atoms with van der Waals surface area (Å²) < 4.78 is 10.3. The molecule has 2 N–H and O–H groups in total. The van der Waals surface area contributed by atoms with Gasteiger partial charge in [0.15, 0.2) is 0 Å². The number of aliphatic hydroxyl groups excluding tert-OH is 1. The molecule has 0 fully saturated rings. The van der Waals surface area contributed by atoms with Crippen molar-refractivity contribution in [2.75, 3.05) is 13.7 Å². The number of non-ortho nitro benzene ring substituents is 1. The summed E-state index contributed by atoms with van der Waals surface area (Å²) >= 11 is 0. The van der Waals surface area contributed by atoms with Crippen LogP contribution in [-0.2, 0) is 19.1 Å². The molecular formula is C22H28N2O7. The number of esters is 1. The van der Waals surface area contributed by atoms with Crippen LogP contribution in [0.3, 0.4) is 0 Å². The Bertz CT molecular complexity index is 905. The van der Waals surface area contributed by atoms with Crippen LogP contribution in [0, 0.1) is 10.1 Å². The lowest BCUT2D eigenvalue weighted by atomic mass is 9.80. The first-order valence-electron chi connectivity index (χ1n) is 10.2. The molecule has 0 spiro atoms. The lowest BCUT2D eigenvalue weighted by Gasteiger charge is -2.29. The Kier molecular flexibility index (Phi) is 8.60. The Hall–Kier alpha value is -3.36. The average Bonchev–Trinajstić information content (AvgIpc) is 2.75. The summed E-state index contributed by atoms with van der Waals surface area (Å²) in [6.45, 7) is 3.87. The molecule has 9 heteroatoms. The molecule has 0 radical (unpaired) electrons. The second-order valence-corrected chi connectivity index (χ2v) is 7.25. The summed E-state index contributed by atoms with van der Waals surface area (Å²) in [6.07, 6.45) is 4.91. The molecule has 0 bridgehead atoms. The molecule has 2 rings (SSSR count). The summed E-state index contributed by atoms with van der Waals surface area (Å²) in [4.78, 5) is 36.2. The zero-order valence-corrected chi connectivity index (χ0v) is 18.0. The molecule has 1 unspecified atom stereocenters. The number of amides is 1. The van der Waals surface area contributed by atoms with E-state index in [1.807, 2.05) is 0 Å². The van der Waals surface area contributed by atoms with E-state index in [0.29, 0.717) is 6.42 Å². The van der Waals surface area contributed by atoms with Gasteiger partial charge in [-0.1, -0.05) is 44.7 Å². The van der Waals surface area contributed by atoms with Crippen molar-refractivity contribution in [3.8, 4) is 0 Å². The normalized spacial score (nSPS) is 17.8. The molecule has 9 nitrogen and oxygen atoms in total. The molecular weight excluding hydrogens is 404 g/mol. The van der Waals surface area contributed by atoms with Crippen LogP contribution in [-0.4, -0.2) is 35.6 Å². The number of benzene rings is 1. The first-order chi connectivity index (χ1) is 14.8. The van der Waals surface area contributed by atoms with Gasteiger partial charge < -0.3 is 19.9 Å². The Labute approximate surface area is 180 Å². The predicted octanol–water partition coefficient (Wildman–Crippen LogP) is 4.01. The highest BCUT2D eigenvalue weighted by atomic mass is 16.6. The van der Waals surface area contributed by atoms with Crippen LogP contribution in [0.25, 0.3) is 0 Å². The quantitative estimate of drug-likeness (QED) is 0.143. The van der Waals surface area contributed by atoms with Gasteiger partial charge in [-0.25, -0.2) is 4.79 Å². The fourth-order valence-corrected chi connectivity index (χ4v) is 3.50. The van der Waals surface area contributed by atoms with E-state index in [9.17, 15) is 24.8 Å². The molecule has 0 aromatic heterocycles. The van der Waals surface area contributed by atoms with E-state index in [2.05, 4.69) is 12.2 Å². The first kappa shape index (κ1) is 23.9. The largest absolute Gasteiger partial charge is 0.481 e. The third kappa shape index (κ3) is 5.84. The van der Waals surface area contributed by atoms with Crippen LogP contribution in [0.15, 0.2) is 47.1 Å². The van der Waals surface area contributed by atoms with Crippen molar-refractivity contribution in [3.05, 3.63) is 62.7 Å². The van der Waals surface area contributed by atoms with Gasteiger partial charge in [0.05, 0.1) is 30.1 Å². The van der Waals surface area contributed by atoms with E-state index in [0.717, 1.165) is 25.7 Å². The number of nitro groups is 1. The number of unbranched alkanes of at least 4 members (excludes halogenated alkanes) is 4. The lowest BCUT2D eigenvalue weighted by molar-refractivity contribution is -0.384. The molecule has 1 heterocycles. The highest BCUT2D eigenvalue weighted by Gasteiger charge is 2.40. The molecule has 1 aliphatic rings. The van der Waals surface area contributed by atoms with Crippen molar-refractivity contribution >= 4 is 17.6 Å². The van der Waals surface area contributed by atoms with Crippen LogP contribution >= 0.6 is 0 Å². The molecule has 1 aromatic rings. The number of hydrogen-bond donors (Lipinski definition) is 2. The fourth-order valence-electron chi connectivity index (χ4n) is 3.50. The summed E-state index contributed by atoms with van der Waals surface area (Å²) in [5.74, 6) is -3.08. The van der Waals surface area contributed by atoms with Crippen LogP contribution in [0.5, 0.6) is 0 Å². The number of aliphatic hydroxyl groups is 1. The maximum absolute atomic E-state index is 13.0. The maximum atomic E-state index is 13.0. The van der Waals surface area contributed by atoms with Crippen molar-refractivity contribution in [3.63, 3.8) is 0 Å². The van der Waals surface area contributed by atoms with Crippen LogP contribution < -0.4 is 5.32 Å². The molecule has 0 saturated carbocycles. The van der Waals surface area contributed by atoms with Crippen molar-refractivity contribution < 1.29 is 29.1 Å². The second-order valence-electron chi connectivity index (χ2n) is 7.25. The van der Waals surface area contributed by atoms with Crippen molar-refractivity contribution in [1.82, 2.24) is 5.32 Å². The molecule has 1 aliphatic heterocycles. The Morgan fingerprint density at radius 3 is 2.61 bits per heavy atom. The highest BCUT2D eigenvalue weighted by molar-refractivity contribution is 6.04. The number of methoxy groups -OCH3 is 1. The maximum Gasteiger partial charge on any atom is 0.336 e. The molecule has 1 amide bonds. The van der Waals surface area contributed by atoms with Crippen LogP contribution in [0.4, 0.5) is 5.69 Å².